The number of nitrogens with zero attached hydrogens (tertiary/aromatic N) is 5. The lowest BCUT2D eigenvalue weighted by Gasteiger charge is -2.25. The lowest BCUT2D eigenvalue weighted by molar-refractivity contribution is 0.268. The molecule has 1 aliphatic rings. The van der Waals surface area contributed by atoms with Gasteiger partial charge in [-0.05, 0) is 65.5 Å². The highest BCUT2D eigenvalue weighted by Gasteiger charge is 2.30. The Balaban J connectivity index is 1.66. The van der Waals surface area contributed by atoms with Gasteiger partial charge < -0.3 is 0 Å². The first-order chi connectivity index (χ1) is 11.8. The van der Waals surface area contributed by atoms with Gasteiger partial charge in [0.25, 0.3) is 0 Å². The first-order valence-corrected chi connectivity index (χ1v) is 8.97. The zero-order chi connectivity index (χ0) is 16.4. The minimum absolute atomic E-state index is 0.0861. The van der Waals surface area contributed by atoms with E-state index in [1.54, 1.807) is 23.5 Å². The van der Waals surface area contributed by atoms with E-state index >= 15 is 0 Å². The zero-order valence-electron chi connectivity index (χ0n) is 13.2. The lowest BCUT2D eigenvalue weighted by Crippen LogP contribution is -2.29. The summed E-state index contributed by atoms with van der Waals surface area (Å²) in [6.07, 6.45) is 2.42. The van der Waals surface area contributed by atoms with E-state index in [1.807, 2.05) is 4.68 Å². The monoisotopic (exact) mass is 343 g/mol. The molecule has 0 radical (unpaired) electrons. The van der Waals surface area contributed by atoms with Gasteiger partial charge in [0, 0.05) is 4.88 Å². The first kappa shape index (κ1) is 15.4. The standard InChI is InChI=1S/C17H18FN5S/c18-14-7-5-13(6-8-14)12-23-17(19-20-21-23)16(15-4-3-11-24-15)22-9-1-2-10-22/h3-8,11,16H,1-2,9-10,12H2/t16-/m0/s1. The van der Waals surface area contributed by atoms with Crippen molar-refractivity contribution in [1.29, 1.82) is 0 Å². The third-order valence-electron chi connectivity index (χ3n) is 4.37. The van der Waals surface area contributed by atoms with Crippen LogP contribution < -0.4 is 0 Å². The van der Waals surface area contributed by atoms with Crippen molar-refractivity contribution in [2.45, 2.75) is 25.4 Å². The second kappa shape index (κ2) is 6.78. The average molecular weight is 343 g/mol. The van der Waals surface area contributed by atoms with Crippen LogP contribution in [0, 0.1) is 5.82 Å². The Morgan fingerprint density at radius 2 is 1.92 bits per heavy atom. The van der Waals surface area contributed by atoms with E-state index in [0.717, 1.165) is 24.5 Å². The van der Waals surface area contributed by atoms with Crippen molar-refractivity contribution in [1.82, 2.24) is 25.1 Å². The minimum Gasteiger partial charge on any atom is -0.289 e. The molecule has 0 aliphatic carbocycles. The van der Waals surface area contributed by atoms with E-state index in [2.05, 4.69) is 37.9 Å². The van der Waals surface area contributed by atoms with Crippen molar-refractivity contribution in [3.63, 3.8) is 0 Å². The number of thiophene rings is 1. The normalized spacial score (nSPS) is 16.5. The fourth-order valence-electron chi connectivity index (χ4n) is 3.20. The molecule has 3 heterocycles. The third kappa shape index (κ3) is 3.09. The largest absolute Gasteiger partial charge is 0.289 e. The molecule has 2 aromatic heterocycles. The quantitative estimate of drug-likeness (QED) is 0.714. The van der Waals surface area contributed by atoms with Gasteiger partial charge in [-0.3, -0.25) is 4.90 Å². The second-order valence-electron chi connectivity index (χ2n) is 5.98. The SMILES string of the molecule is Fc1ccc(Cn2nnnc2[C@H](c2cccs2)N2CCCC2)cc1. The Labute approximate surface area is 143 Å². The molecule has 0 bridgehead atoms. The summed E-state index contributed by atoms with van der Waals surface area (Å²) in [6.45, 7) is 2.66. The van der Waals surface area contributed by atoms with Crippen LogP contribution in [-0.4, -0.2) is 38.2 Å². The molecule has 4 rings (SSSR count). The van der Waals surface area contributed by atoms with Crippen LogP contribution in [0.1, 0.15) is 35.1 Å². The fraction of sp³-hybridized carbons (Fsp3) is 0.353. The number of halogens is 1. The van der Waals surface area contributed by atoms with E-state index in [0.29, 0.717) is 6.54 Å². The number of likely N-dealkylation sites (tertiary alicyclic amines) is 1. The molecular formula is C17H18FN5S. The van der Waals surface area contributed by atoms with Crippen molar-refractivity contribution in [2.75, 3.05) is 13.1 Å². The van der Waals surface area contributed by atoms with Gasteiger partial charge in [0.1, 0.15) is 11.9 Å². The van der Waals surface area contributed by atoms with E-state index in [-0.39, 0.29) is 11.9 Å². The Hall–Kier alpha value is -2.12. The summed E-state index contributed by atoms with van der Waals surface area (Å²) in [7, 11) is 0. The van der Waals surface area contributed by atoms with Gasteiger partial charge in [0.05, 0.1) is 6.54 Å². The van der Waals surface area contributed by atoms with Gasteiger partial charge in [-0.15, -0.1) is 16.4 Å². The Morgan fingerprint density at radius 3 is 2.62 bits per heavy atom. The topological polar surface area (TPSA) is 46.8 Å². The summed E-state index contributed by atoms with van der Waals surface area (Å²) in [5.74, 6) is 0.618. The number of aromatic nitrogens is 4. The molecule has 0 unspecified atom stereocenters. The minimum atomic E-state index is -0.232. The lowest BCUT2D eigenvalue weighted by atomic mass is 10.2. The van der Waals surface area contributed by atoms with Crippen LogP contribution in [0.5, 0.6) is 0 Å². The highest BCUT2D eigenvalue weighted by molar-refractivity contribution is 7.10. The van der Waals surface area contributed by atoms with E-state index in [4.69, 9.17) is 0 Å². The Bertz CT molecular complexity index is 778. The fourth-order valence-corrected chi connectivity index (χ4v) is 4.05. The molecule has 24 heavy (non-hydrogen) atoms. The molecule has 0 amide bonds. The molecule has 3 aromatic rings. The number of hydrogen-bond acceptors (Lipinski definition) is 5. The number of hydrogen-bond donors (Lipinski definition) is 0. The maximum absolute atomic E-state index is 13.1. The van der Waals surface area contributed by atoms with Crippen LogP contribution in [0.2, 0.25) is 0 Å². The molecule has 1 aliphatic heterocycles. The summed E-state index contributed by atoms with van der Waals surface area (Å²) >= 11 is 1.73. The molecule has 0 spiro atoms. The Morgan fingerprint density at radius 1 is 1.12 bits per heavy atom. The number of benzene rings is 1. The van der Waals surface area contributed by atoms with Crippen molar-refractivity contribution < 1.29 is 4.39 Å². The average Bonchev–Trinajstić information content (AvgIpc) is 3.34. The predicted molar refractivity (Wildman–Crippen MR) is 90.3 cm³/mol. The molecule has 5 nitrogen and oxygen atoms in total. The summed E-state index contributed by atoms with van der Waals surface area (Å²) < 4.78 is 14.9. The van der Waals surface area contributed by atoms with Gasteiger partial charge in [-0.25, -0.2) is 9.07 Å². The highest BCUT2D eigenvalue weighted by Crippen LogP contribution is 2.32. The summed E-state index contributed by atoms with van der Waals surface area (Å²) in [5, 5.41) is 14.5. The van der Waals surface area contributed by atoms with E-state index in [1.165, 1.54) is 29.9 Å². The highest BCUT2D eigenvalue weighted by atomic mass is 32.1. The number of rotatable bonds is 5. The van der Waals surface area contributed by atoms with Gasteiger partial charge in [-0.1, -0.05) is 18.2 Å². The molecule has 0 saturated carbocycles. The van der Waals surface area contributed by atoms with Gasteiger partial charge in [0.15, 0.2) is 5.82 Å². The maximum atomic E-state index is 13.1. The molecule has 1 fully saturated rings. The molecule has 1 saturated heterocycles. The smallest absolute Gasteiger partial charge is 0.174 e. The summed E-state index contributed by atoms with van der Waals surface area (Å²) in [4.78, 5) is 3.70. The van der Waals surface area contributed by atoms with E-state index < -0.39 is 0 Å². The van der Waals surface area contributed by atoms with Crippen LogP contribution >= 0.6 is 11.3 Å². The van der Waals surface area contributed by atoms with Crippen molar-refractivity contribution in [2.24, 2.45) is 0 Å². The molecule has 124 valence electrons. The van der Waals surface area contributed by atoms with Crippen LogP contribution in [0.25, 0.3) is 0 Å². The molecular weight excluding hydrogens is 325 g/mol. The Kier molecular flexibility index (Phi) is 4.36. The van der Waals surface area contributed by atoms with Crippen molar-refractivity contribution >= 4 is 11.3 Å². The van der Waals surface area contributed by atoms with Crippen molar-refractivity contribution in [3.8, 4) is 0 Å². The van der Waals surface area contributed by atoms with Crippen LogP contribution in [0.3, 0.4) is 0 Å². The number of tetrazole rings is 1. The van der Waals surface area contributed by atoms with Gasteiger partial charge >= 0.3 is 0 Å². The van der Waals surface area contributed by atoms with Crippen molar-refractivity contribution in [3.05, 3.63) is 63.9 Å². The first-order valence-electron chi connectivity index (χ1n) is 8.09. The van der Waals surface area contributed by atoms with Gasteiger partial charge in [-0.2, -0.15) is 0 Å². The molecule has 7 heteroatoms. The summed E-state index contributed by atoms with van der Waals surface area (Å²) in [5.41, 5.74) is 0.983. The zero-order valence-corrected chi connectivity index (χ0v) is 14.0. The van der Waals surface area contributed by atoms with Crippen LogP contribution in [-0.2, 0) is 6.54 Å². The van der Waals surface area contributed by atoms with Crippen LogP contribution in [0.15, 0.2) is 41.8 Å². The summed E-state index contributed by atoms with van der Waals surface area (Å²) in [6, 6.07) is 10.8. The van der Waals surface area contributed by atoms with E-state index in [9.17, 15) is 4.39 Å². The molecule has 1 aromatic carbocycles. The third-order valence-corrected chi connectivity index (χ3v) is 5.29. The van der Waals surface area contributed by atoms with Gasteiger partial charge in [0.2, 0.25) is 0 Å². The van der Waals surface area contributed by atoms with Crippen LogP contribution in [0.4, 0.5) is 4.39 Å². The second-order valence-corrected chi connectivity index (χ2v) is 6.96. The molecule has 1 atom stereocenters. The maximum Gasteiger partial charge on any atom is 0.174 e. The predicted octanol–water partition coefficient (Wildman–Crippen LogP) is 3.11. The molecule has 0 N–H and O–H groups in total.